The molecule has 2 rings (SSSR count). The number of aliphatic imine (C=N–C) groups is 1. The minimum Gasteiger partial charge on any atom is -0.396 e. The van der Waals surface area contributed by atoms with E-state index in [1.807, 2.05) is 0 Å². The molecule has 0 radical (unpaired) electrons. The number of nitrogens with zero attached hydrogens (tertiary/aromatic N) is 1. The summed E-state index contributed by atoms with van der Waals surface area (Å²) >= 11 is 5.91. The highest BCUT2D eigenvalue weighted by Gasteiger charge is 2.42. The third-order valence-corrected chi connectivity index (χ3v) is 7.97. The average Bonchev–Trinajstić information content (AvgIpc) is 2.64. The van der Waals surface area contributed by atoms with Gasteiger partial charge in [-0.2, -0.15) is 0 Å². The monoisotopic (exact) mass is 335 g/mol. The number of benzene rings is 1. The number of sulfone groups is 1. The van der Waals surface area contributed by atoms with E-state index in [0.717, 1.165) is 0 Å². The van der Waals surface area contributed by atoms with Crippen molar-refractivity contribution in [1.29, 1.82) is 0 Å². The molecular formula is C11H14ClN3O3S2. The number of aliphatic hydroxyl groups is 1. The molecule has 0 saturated heterocycles. The average molecular weight is 336 g/mol. The minimum atomic E-state index is -3.90. The van der Waals surface area contributed by atoms with Crippen molar-refractivity contribution in [2.45, 2.75) is 11.3 Å². The van der Waals surface area contributed by atoms with E-state index in [0.29, 0.717) is 0 Å². The topological polar surface area (TPSA) is 119 Å². The molecule has 1 aliphatic heterocycles. The van der Waals surface area contributed by atoms with Crippen molar-refractivity contribution in [2.24, 2.45) is 15.3 Å². The van der Waals surface area contributed by atoms with Gasteiger partial charge in [-0.1, -0.05) is 40.2 Å². The number of nitrogens with two attached hydrogens (primary N) is 2. The fraction of sp³-hybridized carbons (Fsp3) is 0.182. The van der Waals surface area contributed by atoms with Gasteiger partial charge in [0.2, 0.25) is 14.2 Å². The number of hydrogen-bond donors (Lipinski definition) is 3. The summed E-state index contributed by atoms with van der Waals surface area (Å²) in [5.74, 6) is 0. The molecule has 0 spiro atoms. The first kappa shape index (κ1) is 15.5. The van der Waals surface area contributed by atoms with Gasteiger partial charge >= 0.3 is 0 Å². The molecule has 0 aromatic heterocycles. The molecule has 1 aromatic rings. The third-order valence-electron chi connectivity index (χ3n) is 2.74. The molecule has 1 heterocycles. The van der Waals surface area contributed by atoms with Crippen molar-refractivity contribution in [2.75, 3.05) is 6.61 Å². The van der Waals surface area contributed by atoms with Gasteiger partial charge in [-0.15, -0.1) is 0 Å². The second-order valence-electron chi connectivity index (χ2n) is 4.09. The zero-order valence-electron chi connectivity index (χ0n) is 10.4. The summed E-state index contributed by atoms with van der Waals surface area (Å²) in [6.07, 6.45) is 0.0957. The van der Waals surface area contributed by atoms with Crippen LogP contribution in [0.5, 0.6) is 0 Å². The zero-order chi connectivity index (χ0) is 15.0. The standard InChI is InChI=1S/C11H14ClN3O3S2/c12-10-9(6-7-16)19(13,14)11(15-10)20(17,18)8-4-2-1-3-5-8/h1-5,16H,6-7,13-14H2. The largest absolute Gasteiger partial charge is 0.396 e. The summed E-state index contributed by atoms with van der Waals surface area (Å²) in [4.78, 5) is 4.18. The second kappa shape index (κ2) is 5.47. The Labute approximate surface area is 123 Å². The van der Waals surface area contributed by atoms with Crippen molar-refractivity contribution in [1.82, 2.24) is 0 Å². The van der Waals surface area contributed by atoms with Crippen molar-refractivity contribution >= 4 is 36.2 Å². The van der Waals surface area contributed by atoms with Gasteiger partial charge in [0, 0.05) is 17.9 Å². The van der Waals surface area contributed by atoms with Crippen molar-refractivity contribution in [3.63, 3.8) is 0 Å². The van der Waals surface area contributed by atoms with Crippen LogP contribution in [-0.4, -0.2) is 24.5 Å². The Morgan fingerprint density at radius 1 is 1.25 bits per heavy atom. The first-order chi connectivity index (χ1) is 9.31. The fourth-order valence-corrected chi connectivity index (χ4v) is 6.62. The normalized spacial score (nSPS) is 19.9. The molecule has 0 fully saturated rings. The lowest BCUT2D eigenvalue weighted by Gasteiger charge is -2.29. The van der Waals surface area contributed by atoms with Gasteiger partial charge in [-0.25, -0.2) is 13.4 Å². The predicted octanol–water partition coefficient (Wildman–Crippen LogP) is 1.17. The number of rotatable bonds is 3. The van der Waals surface area contributed by atoms with E-state index in [2.05, 4.69) is 4.99 Å². The zero-order valence-corrected chi connectivity index (χ0v) is 12.7. The molecule has 0 amide bonds. The van der Waals surface area contributed by atoms with Crippen LogP contribution in [0.15, 0.2) is 50.3 Å². The molecule has 0 atom stereocenters. The highest BCUT2D eigenvalue weighted by atomic mass is 35.5. The summed E-state index contributed by atoms with van der Waals surface area (Å²) < 4.78 is 24.7. The Morgan fingerprint density at radius 3 is 2.40 bits per heavy atom. The predicted molar refractivity (Wildman–Crippen MR) is 81.6 cm³/mol. The van der Waals surface area contributed by atoms with Crippen LogP contribution in [0.2, 0.25) is 0 Å². The maximum absolute atomic E-state index is 12.5. The van der Waals surface area contributed by atoms with Crippen LogP contribution in [0.4, 0.5) is 0 Å². The van der Waals surface area contributed by atoms with Crippen molar-refractivity contribution in [3.05, 3.63) is 40.4 Å². The Bertz CT molecular complexity index is 684. The quantitative estimate of drug-likeness (QED) is 0.716. The first-order valence-electron chi connectivity index (χ1n) is 5.59. The number of aliphatic hydroxyl groups excluding tert-OH is 1. The van der Waals surface area contributed by atoms with E-state index in [1.165, 1.54) is 12.1 Å². The molecule has 6 nitrogen and oxygen atoms in total. The summed E-state index contributed by atoms with van der Waals surface area (Å²) in [6.45, 7) is -0.233. The van der Waals surface area contributed by atoms with E-state index < -0.39 is 20.2 Å². The van der Waals surface area contributed by atoms with Crippen molar-refractivity contribution in [3.8, 4) is 0 Å². The first-order valence-corrected chi connectivity index (χ1v) is 9.21. The third kappa shape index (κ3) is 2.50. The van der Waals surface area contributed by atoms with Gasteiger partial charge < -0.3 is 5.11 Å². The van der Waals surface area contributed by atoms with E-state index in [1.54, 1.807) is 18.2 Å². The van der Waals surface area contributed by atoms with Crippen LogP contribution in [0, 0.1) is 0 Å². The maximum Gasteiger partial charge on any atom is 0.231 e. The minimum absolute atomic E-state index is 0.0476. The molecule has 1 aromatic carbocycles. The smallest absolute Gasteiger partial charge is 0.231 e. The maximum atomic E-state index is 12.5. The molecule has 9 heteroatoms. The van der Waals surface area contributed by atoms with E-state index in [9.17, 15) is 8.42 Å². The molecule has 0 unspecified atom stereocenters. The Balaban J connectivity index is 2.49. The Morgan fingerprint density at radius 2 is 1.85 bits per heavy atom. The van der Waals surface area contributed by atoms with Crippen LogP contribution in [-0.2, 0) is 9.84 Å². The molecule has 20 heavy (non-hydrogen) atoms. The van der Waals surface area contributed by atoms with Gasteiger partial charge in [0.05, 0.1) is 4.90 Å². The summed E-state index contributed by atoms with van der Waals surface area (Å²) in [5, 5.41) is 20.9. The second-order valence-corrected chi connectivity index (χ2v) is 8.87. The molecule has 0 aliphatic carbocycles. The molecular weight excluding hydrogens is 322 g/mol. The fourth-order valence-electron chi connectivity index (χ4n) is 1.78. The van der Waals surface area contributed by atoms with Crippen LogP contribution < -0.4 is 10.3 Å². The van der Waals surface area contributed by atoms with Crippen LogP contribution in [0.25, 0.3) is 0 Å². The Kier molecular flexibility index (Phi) is 4.24. The van der Waals surface area contributed by atoms with Gasteiger partial charge in [0.1, 0.15) is 5.16 Å². The lowest BCUT2D eigenvalue weighted by Crippen LogP contribution is -2.33. The molecule has 0 bridgehead atoms. The SMILES string of the molecule is NS1(N)C(S(=O)(=O)c2ccccc2)=NC(Cl)=C1CCO. The van der Waals surface area contributed by atoms with Gasteiger partial charge in [-0.05, 0) is 12.1 Å². The molecule has 110 valence electrons. The van der Waals surface area contributed by atoms with Crippen molar-refractivity contribution < 1.29 is 13.5 Å². The molecule has 5 N–H and O–H groups in total. The highest BCUT2D eigenvalue weighted by molar-refractivity contribution is 8.55. The van der Waals surface area contributed by atoms with Gasteiger partial charge in [0.25, 0.3) is 0 Å². The van der Waals surface area contributed by atoms with Crippen LogP contribution in [0.1, 0.15) is 6.42 Å². The van der Waals surface area contributed by atoms with Gasteiger partial charge in [0.15, 0.2) is 0 Å². The van der Waals surface area contributed by atoms with Crippen LogP contribution >= 0.6 is 22.0 Å². The van der Waals surface area contributed by atoms with E-state index in [4.69, 9.17) is 27.0 Å². The highest BCUT2D eigenvalue weighted by Crippen LogP contribution is 2.53. The lowest BCUT2D eigenvalue weighted by atomic mass is 10.4. The van der Waals surface area contributed by atoms with Gasteiger partial charge in [-0.3, -0.25) is 10.3 Å². The van der Waals surface area contributed by atoms with E-state index in [-0.39, 0.29) is 32.4 Å². The Hall–Kier alpha value is -0.900. The molecule has 0 saturated carbocycles. The summed E-state index contributed by atoms with van der Waals surface area (Å²) in [5.41, 5.74) is 0. The number of hydrogen-bond acceptors (Lipinski definition) is 6. The summed E-state index contributed by atoms with van der Waals surface area (Å²) in [6, 6.07) is 7.76. The number of halogens is 1. The van der Waals surface area contributed by atoms with Crippen LogP contribution in [0.3, 0.4) is 0 Å². The van der Waals surface area contributed by atoms with E-state index >= 15 is 0 Å². The molecule has 1 aliphatic rings. The lowest BCUT2D eigenvalue weighted by molar-refractivity contribution is 0.301. The summed E-state index contributed by atoms with van der Waals surface area (Å²) in [7, 11) is -6.70.